The standard InChI is InChI=1S/C23H31N3O3/c1-4-7-22(27)25-19-9-5-10-20(14-19)26-23(28)16-24-18-8-6-11-21(15-18)29-13-12-17(2)3/h5-6,8-11,14-15,17,24H,4,7,12-13,16H2,1-3H3,(H,25,27)(H,26,28). The van der Waals surface area contributed by atoms with Gasteiger partial charge in [-0.05, 0) is 49.1 Å². The maximum atomic E-state index is 12.3. The molecule has 29 heavy (non-hydrogen) atoms. The highest BCUT2D eigenvalue weighted by molar-refractivity contribution is 5.95. The number of nitrogens with one attached hydrogen (secondary N) is 3. The highest BCUT2D eigenvalue weighted by Crippen LogP contribution is 2.18. The van der Waals surface area contributed by atoms with Crippen LogP contribution in [0.25, 0.3) is 0 Å². The van der Waals surface area contributed by atoms with Crippen molar-refractivity contribution in [2.75, 3.05) is 29.1 Å². The molecule has 156 valence electrons. The number of amides is 2. The summed E-state index contributed by atoms with van der Waals surface area (Å²) in [6, 6.07) is 14.7. The van der Waals surface area contributed by atoms with Crippen molar-refractivity contribution in [3.63, 3.8) is 0 Å². The second-order valence-corrected chi connectivity index (χ2v) is 7.34. The summed E-state index contributed by atoms with van der Waals surface area (Å²) in [7, 11) is 0. The molecule has 6 heteroatoms. The number of benzene rings is 2. The van der Waals surface area contributed by atoms with E-state index in [1.165, 1.54) is 0 Å². The van der Waals surface area contributed by atoms with Gasteiger partial charge in [0.15, 0.2) is 0 Å². The highest BCUT2D eigenvalue weighted by atomic mass is 16.5. The van der Waals surface area contributed by atoms with E-state index >= 15 is 0 Å². The molecule has 0 aliphatic carbocycles. The molecule has 0 atom stereocenters. The van der Waals surface area contributed by atoms with Crippen LogP contribution in [-0.4, -0.2) is 25.0 Å². The van der Waals surface area contributed by atoms with E-state index in [0.29, 0.717) is 30.3 Å². The number of hydrogen-bond acceptors (Lipinski definition) is 4. The average molecular weight is 398 g/mol. The SMILES string of the molecule is CCCC(=O)Nc1cccc(NC(=O)CNc2cccc(OCCC(C)C)c2)c1. The monoisotopic (exact) mass is 397 g/mol. The molecule has 0 aliphatic rings. The normalized spacial score (nSPS) is 10.5. The molecule has 0 heterocycles. The molecule has 0 aromatic heterocycles. The van der Waals surface area contributed by atoms with Crippen molar-refractivity contribution in [2.24, 2.45) is 5.92 Å². The van der Waals surface area contributed by atoms with Crippen molar-refractivity contribution in [3.05, 3.63) is 48.5 Å². The molecular formula is C23H31N3O3. The lowest BCUT2D eigenvalue weighted by Gasteiger charge is -2.12. The summed E-state index contributed by atoms with van der Waals surface area (Å²) in [5.41, 5.74) is 2.13. The zero-order chi connectivity index (χ0) is 21.1. The third kappa shape index (κ3) is 8.68. The molecule has 0 saturated heterocycles. The fourth-order valence-corrected chi connectivity index (χ4v) is 2.62. The van der Waals surface area contributed by atoms with Gasteiger partial charge in [0, 0.05) is 29.5 Å². The Morgan fingerprint density at radius 2 is 1.59 bits per heavy atom. The van der Waals surface area contributed by atoms with Crippen LogP contribution in [0.2, 0.25) is 0 Å². The van der Waals surface area contributed by atoms with Crippen LogP contribution >= 0.6 is 0 Å². The third-order valence-electron chi connectivity index (χ3n) is 4.16. The van der Waals surface area contributed by atoms with Gasteiger partial charge in [-0.2, -0.15) is 0 Å². The molecule has 2 amide bonds. The maximum absolute atomic E-state index is 12.3. The van der Waals surface area contributed by atoms with Crippen molar-refractivity contribution >= 4 is 28.9 Å². The van der Waals surface area contributed by atoms with E-state index in [4.69, 9.17) is 4.74 Å². The number of rotatable bonds is 11. The maximum Gasteiger partial charge on any atom is 0.243 e. The van der Waals surface area contributed by atoms with Crippen LogP contribution < -0.4 is 20.7 Å². The molecule has 6 nitrogen and oxygen atoms in total. The van der Waals surface area contributed by atoms with Gasteiger partial charge < -0.3 is 20.7 Å². The molecule has 0 spiro atoms. The Morgan fingerprint density at radius 3 is 2.28 bits per heavy atom. The van der Waals surface area contributed by atoms with E-state index < -0.39 is 0 Å². The van der Waals surface area contributed by atoms with Gasteiger partial charge in [-0.15, -0.1) is 0 Å². The van der Waals surface area contributed by atoms with Gasteiger partial charge in [-0.3, -0.25) is 9.59 Å². The Kier molecular flexibility index (Phi) is 9.02. The van der Waals surface area contributed by atoms with E-state index in [-0.39, 0.29) is 18.4 Å². The van der Waals surface area contributed by atoms with E-state index in [1.54, 1.807) is 24.3 Å². The second kappa shape index (κ2) is 11.7. The largest absolute Gasteiger partial charge is 0.494 e. The minimum Gasteiger partial charge on any atom is -0.494 e. The Labute approximate surface area is 173 Å². The molecule has 3 N–H and O–H groups in total. The van der Waals surface area contributed by atoms with Crippen LogP contribution in [0.1, 0.15) is 40.0 Å². The second-order valence-electron chi connectivity index (χ2n) is 7.34. The van der Waals surface area contributed by atoms with E-state index in [9.17, 15) is 9.59 Å². The Morgan fingerprint density at radius 1 is 0.931 bits per heavy atom. The van der Waals surface area contributed by atoms with Gasteiger partial charge in [0.1, 0.15) is 5.75 Å². The summed E-state index contributed by atoms with van der Waals surface area (Å²) in [5, 5.41) is 8.77. The fraction of sp³-hybridized carbons (Fsp3) is 0.391. The lowest BCUT2D eigenvalue weighted by atomic mass is 10.1. The van der Waals surface area contributed by atoms with Crippen LogP contribution in [0.5, 0.6) is 5.75 Å². The van der Waals surface area contributed by atoms with Gasteiger partial charge in [-0.25, -0.2) is 0 Å². The van der Waals surface area contributed by atoms with Crippen LogP contribution in [0, 0.1) is 5.92 Å². The smallest absolute Gasteiger partial charge is 0.243 e. The molecule has 0 bridgehead atoms. The molecule has 0 unspecified atom stereocenters. The van der Waals surface area contributed by atoms with Gasteiger partial charge in [0.25, 0.3) is 0 Å². The number of hydrogen-bond donors (Lipinski definition) is 3. The van der Waals surface area contributed by atoms with Crippen molar-refractivity contribution in [2.45, 2.75) is 40.0 Å². The van der Waals surface area contributed by atoms with Crippen LogP contribution in [0.15, 0.2) is 48.5 Å². The van der Waals surface area contributed by atoms with Crippen LogP contribution in [-0.2, 0) is 9.59 Å². The van der Waals surface area contributed by atoms with Gasteiger partial charge in [0.05, 0.1) is 13.2 Å². The molecule has 2 rings (SSSR count). The van der Waals surface area contributed by atoms with Gasteiger partial charge in [-0.1, -0.05) is 32.9 Å². The Hall–Kier alpha value is -3.02. The topological polar surface area (TPSA) is 79.5 Å². The minimum absolute atomic E-state index is 0.0341. The van der Waals surface area contributed by atoms with Crippen LogP contribution in [0.4, 0.5) is 17.1 Å². The minimum atomic E-state index is -0.173. The van der Waals surface area contributed by atoms with Gasteiger partial charge >= 0.3 is 0 Å². The van der Waals surface area contributed by atoms with Crippen molar-refractivity contribution < 1.29 is 14.3 Å². The Bertz CT molecular complexity index is 805. The number of anilines is 3. The summed E-state index contributed by atoms with van der Waals surface area (Å²) in [6.07, 6.45) is 2.26. The molecule has 0 saturated carbocycles. The van der Waals surface area contributed by atoms with Crippen molar-refractivity contribution in [1.82, 2.24) is 0 Å². The molecular weight excluding hydrogens is 366 g/mol. The zero-order valence-electron chi connectivity index (χ0n) is 17.5. The Balaban J connectivity index is 1.83. The van der Waals surface area contributed by atoms with Crippen LogP contribution in [0.3, 0.4) is 0 Å². The van der Waals surface area contributed by atoms with Crippen molar-refractivity contribution in [1.29, 1.82) is 0 Å². The zero-order valence-corrected chi connectivity index (χ0v) is 17.5. The molecule has 2 aromatic rings. The first kappa shape index (κ1) is 22.3. The quantitative estimate of drug-likeness (QED) is 0.504. The van der Waals surface area contributed by atoms with Crippen molar-refractivity contribution in [3.8, 4) is 5.75 Å². The molecule has 0 fully saturated rings. The number of ether oxygens (including phenoxy) is 1. The van der Waals surface area contributed by atoms with E-state index in [1.807, 2.05) is 31.2 Å². The first-order chi connectivity index (χ1) is 14.0. The lowest BCUT2D eigenvalue weighted by molar-refractivity contribution is -0.116. The summed E-state index contributed by atoms with van der Waals surface area (Å²) >= 11 is 0. The average Bonchev–Trinajstić information content (AvgIpc) is 2.67. The number of carbonyl (C=O) groups is 2. The predicted molar refractivity (Wildman–Crippen MR) is 118 cm³/mol. The van der Waals surface area contributed by atoms with E-state index in [0.717, 1.165) is 24.3 Å². The number of carbonyl (C=O) groups excluding carboxylic acids is 2. The summed E-state index contributed by atoms with van der Waals surface area (Å²) in [4.78, 5) is 24.0. The first-order valence-corrected chi connectivity index (χ1v) is 10.1. The van der Waals surface area contributed by atoms with Gasteiger partial charge in [0.2, 0.25) is 11.8 Å². The molecule has 2 aromatic carbocycles. The third-order valence-corrected chi connectivity index (χ3v) is 4.16. The van der Waals surface area contributed by atoms with E-state index in [2.05, 4.69) is 29.8 Å². The molecule has 0 radical (unpaired) electrons. The first-order valence-electron chi connectivity index (χ1n) is 10.1. The predicted octanol–water partition coefficient (Wildman–Crippen LogP) is 4.90. The fourth-order valence-electron chi connectivity index (χ4n) is 2.62. The lowest BCUT2D eigenvalue weighted by Crippen LogP contribution is -2.21. The highest BCUT2D eigenvalue weighted by Gasteiger charge is 2.06. The summed E-state index contributed by atoms with van der Waals surface area (Å²) in [6.45, 7) is 7.08. The molecule has 0 aliphatic heterocycles. The summed E-state index contributed by atoms with van der Waals surface area (Å²) in [5.74, 6) is 1.17. The summed E-state index contributed by atoms with van der Waals surface area (Å²) < 4.78 is 5.75.